The van der Waals surface area contributed by atoms with E-state index in [9.17, 15) is 9.59 Å². The summed E-state index contributed by atoms with van der Waals surface area (Å²) in [5.41, 5.74) is 1.80. The number of amides is 2. The van der Waals surface area contributed by atoms with Crippen LogP contribution in [0.1, 0.15) is 10.4 Å². The number of anilines is 1. The number of carbonyl (C=O) groups is 2. The number of hydrogen-bond donors (Lipinski definition) is 0. The average molecular weight is 423 g/mol. The second-order valence-corrected chi connectivity index (χ2v) is 7.97. The molecule has 0 aromatic heterocycles. The number of hydrogen-bond acceptors (Lipinski definition) is 5. The molecule has 0 unspecified atom stereocenters. The maximum Gasteiger partial charge on any atom is 0.253 e. The first kappa shape index (κ1) is 21.2. The normalized spacial score (nSPS) is 17.5. The highest BCUT2D eigenvalue weighted by Gasteiger charge is 2.27. The molecule has 7 nitrogen and oxygen atoms in total. The number of rotatable bonds is 5. The Morgan fingerprint density at radius 3 is 2.06 bits per heavy atom. The minimum absolute atomic E-state index is 0.0686. The fourth-order valence-corrected chi connectivity index (χ4v) is 4.25. The summed E-state index contributed by atoms with van der Waals surface area (Å²) >= 11 is 0. The Kier molecular flexibility index (Phi) is 6.72. The highest BCUT2D eigenvalue weighted by Crippen LogP contribution is 2.28. The lowest BCUT2D eigenvalue weighted by Crippen LogP contribution is -2.54. The molecule has 2 heterocycles. The molecule has 2 aromatic rings. The molecule has 2 fully saturated rings. The molecule has 0 saturated carbocycles. The summed E-state index contributed by atoms with van der Waals surface area (Å²) in [4.78, 5) is 33.7. The Morgan fingerprint density at radius 1 is 0.774 bits per heavy atom. The molecule has 2 saturated heterocycles. The highest BCUT2D eigenvalue weighted by molar-refractivity contribution is 5.94. The average Bonchev–Trinajstić information content (AvgIpc) is 2.84. The van der Waals surface area contributed by atoms with E-state index in [0.29, 0.717) is 32.7 Å². The van der Waals surface area contributed by atoms with Gasteiger partial charge in [0.1, 0.15) is 5.75 Å². The Bertz CT molecular complexity index is 889. The molecule has 31 heavy (non-hydrogen) atoms. The van der Waals surface area contributed by atoms with Crippen molar-refractivity contribution in [3.63, 3.8) is 0 Å². The van der Waals surface area contributed by atoms with E-state index >= 15 is 0 Å². The number of ether oxygens (including phenoxy) is 1. The van der Waals surface area contributed by atoms with Crippen LogP contribution in [0.4, 0.5) is 5.69 Å². The van der Waals surface area contributed by atoms with Gasteiger partial charge in [-0.2, -0.15) is 0 Å². The molecule has 0 aliphatic carbocycles. The van der Waals surface area contributed by atoms with Crippen molar-refractivity contribution in [2.75, 3.05) is 70.9 Å². The van der Waals surface area contributed by atoms with Crippen LogP contribution in [0.25, 0.3) is 0 Å². The van der Waals surface area contributed by atoms with Crippen LogP contribution in [0.5, 0.6) is 5.75 Å². The van der Waals surface area contributed by atoms with Gasteiger partial charge in [0, 0.05) is 57.9 Å². The molecular weight excluding hydrogens is 392 g/mol. The molecule has 2 aromatic carbocycles. The topological polar surface area (TPSA) is 56.3 Å². The predicted molar refractivity (Wildman–Crippen MR) is 121 cm³/mol. The monoisotopic (exact) mass is 422 g/mol. The molecule has 2 aliphatic heterocycles. The van der Waals surface area contributed by atoms with Gasteiger partial charge in [-0.1, -0.05) is 30.3 Å². The van der Waals surface area contributed by atoms with Crippen LogP contribution < -0.4 is 9.64 Å². The Labute approximate surface area is 183 Å². The molecule has 0 atom stereocenters. The van der Waals surface area contributed by atoms with Crippen molar-refractivity contribution < 1.29 is 14.3 Å². The minimum Gasteiger partial charge on any atom is -0.495 e. The van der Waals surface area contributed by atoms with Crippen molar-refractivity contribution in [1.29, 1.82) is 0 Å². The molecule has 0 radical (unpaired) electrons. The maximum absolute atomic E-state index is 12.8. The van der Waals surface area contributed by atoms with Gasteiger partial charge in [0.15, 0.2) is 0 Å². The largest absolute Gasteiger partial charge is 0.495 e. The first-order chi connectivity index (χ1) is 15.2. The lowest BCUT2D eigenvalue weighted by atomic mass is 10.2. The van der Waals surface area contributed by atoms with Crippen LogP contribution in [0.2, 0.25) is 0 Å². The summed E-state index contributed by atoms with van der Waals surface area (Å²) in [5, 5.41) is 0. The van der Waals surface area contributed by atoms with Gasteiger partial charge in [0.2, 0.25) is 5.91 Å². The van der Waals surface area contributed by atoms with Crippen LogP contribution in [-0.4, -0.2) is 92.5 Å². The molecule has 2 amide bonds. The first-order valence-electron chi connectivity index (χ1n) is 10.9. The SMILES string of the molecule is COc1ccccc1N1CCN(C(=O)CN2CCN(C(=O)c3ccccc3)CC2)CC1. The number of benzene rings is 2. The van der Waals surface area contributed by atoms with E-state index in [4.69, 9.17) is 4.74 Å². The Hall–Kier alpha value is -3.06. The summed E-state index contributed by atoms with van der Waals surface area (Å²) in [6, 6.07) is 17.4. The van der Waals surface area contributed by atoms with Gasteiger partial charge < -0.3 is 19.4 Å². The van der Waals surface area contributed by atoms with Crippen LogP contribution in [0.15, 0.2) is 54.6 Å². The summed E-state index contributed by atoms with van der Waals surface area (Å²) in [6.07, 6.45) is 0. The molecule has 7 heteroatoms. The summed E-state index contributed by atoms with van der Waals surface area (Å²) in [7, 11) is 1.69. The third-order valence-corrected chi connectivity index (χ3v) is 6.10. The van der Waals surface area contributed by atoms with Crippen molar-refractivity contribution >= 4 is 17.5 Å². The molecule has 0 spiro atoms. The quantitative estimate of drug-likeness (QED) is 0.736. The van der Waals surface area contributed by atoms with E-state index in [1.807, 2.05) is 58.3 Å². The lowest BCUT2D eigenvalue weighted by Gasteiger charge is -2.39. The van der Waals surface area contributed by atoms with Crippen LogP contribution in [0, 0.1) is 0 Å². The number of para-hydroxylation sites is 2. The zero-order chi connectivity index (χ0) is 21.6. The second-order valence-electron chi connectivity index (χ2n) is 7.97. The maximum atomic E-state index is 12.8. The van der Waals surface area contributed by atoms with Crippen LogP contribution >= 0.6 is 0 Å². The lowest BCUT2D eigenvalue weighted by molar-refractivity contribution is -0.133. The molecular formula is C24H30N4O3. The van der Waals surface area contributed by atoms with Crippen molar-refractivity contribution in [3.8, 4) is 5.75 Å². The van der Waals surface area contributed by atoms with Gasteiger partial charge in [-0.3, -0.25) is 14.5 Å². The summed E-state index contributed by atoms with van der Waals surface area (Å²) in [5.74, 6) is 1.10. The van der Waals surface area contributed by atoms with Crippen molar-refractivity contribution in [3.05, 3.63) is 60.2 Å². The van der Waals surface area contributed by atoms with Crippen molar-refractivity contribution in [2.45, 2.75) is 0 Å². The Morgan fingerprint density at radius 2 is 1.39 bits per heavy atom. The number of nitrogens with zero attached hydrogens (tertiary/aromatic N) is 4. The van der Waals surface area contributed by atoms with Crippen LogP contribution in [-0.2, 0) is 4.79 Å². The van der Waals surface area contributed by atoms with E-state index in [0.717, 1.165) is 43.2 Å². The van der Waals surface area contributed by atoms with E-state index in [2.05, 4.69) is 15.9 Å². The van der Waals surface area contributed by atoms with Gasteiger partial charge in [-0.15, -0.1) is 0 Å². The Balaban J connectivity index is 1.23. The summed E-state index contributed by atoms with van der Waals surface area (Å²) in [6.45, 7) is 6.20. The number of carbonyl (C=O) groups excluding carboxylic acids is 2. The standard InChI is InChI=1S/C24H30N4O3/c1-31-22-10-6-5-9-21(22)26-15-17-27(18-16-26)23(29)19-25-11-13-28(14-12-25)24(30)20-7-3-2-4-8-20/h2-10H,11-19H2,1H3. The van der Waals surface area contributed by atoms with Gasteiger partial charge in [0.25, 0.3) is 5.91 Å². The molecule has 4 rings (SSSR count). The molecule has 164 valence electrons. The van der Waals surface area contributed by atoms with Crippen molar-refractivity contribution in [1.82, 2.24) is 14.7 Å². The summed E-state index contributed by atoms with van der Waals surface area (Å²) < 4.78 is 5.47. The van der Waals surface area contributed by atoms with E-state index in [-0.39, 0.29) is 11.8 Å². The third kappa shape index (κ3) is 4.99. The van der Waals surface area contributed by atoms with E-state index in [1.165, 1.54) is 0 Å². The number of piperazine rings is 2. The fourth-order valence-electron chi connectivity index (χ4n) is 4.25. The second kappa shape index (κ2) is 9.83. The first-order valence-corrected chi connectivity index (χ1v) is 10.9. The fraction of sp³-hybridized carbons (Fsp3) is 0.417. The van der Waals surface area contributed by atoms with Crippen molar-refractivity contribution in [2.24, 2.45) is 0 Å². The number of methoxy groups -OCH3 is 1. The van der Waals surface area contributed by atoms with E-state index < -0.39 is 0 Å². The predicted octanol–water partition coefficient (Wildman–Crippen LogP) is 1.80. The van der Waals surface area contributed by atoms with Gasteiger partial charge in [0.05, 0.1) is 19.3 Å². The smallest absolute Gasteiger partial charge is 0.253 e. The third-order valence-electron chi connectivity index (χ3n) is 6.10. The zero-order valence-electron chi connectivity index (χ0n) is 18.1. The van der Waals surface area contributed by atoms with Crippen LogP contribution in [0.3, 0.4) is 0 Å². The van der Waals surface area contributed by atoms with Gasteiger partial charge >= 0.3 is 0 Å². The zero-order valence-corrected chi connectivity index (χ0v) is 18.1. The molecule has 0 bridgehead atoms. The van der Waals surface area contributed by atoms with E-state index in [1.54, 1.807) is 7.11 Å². The highest BCUT2D eigenvalue weighted by atomic mass is 16.5. The van der Waals surface area contributed by atoms with Gasteiger partial charge in [-0.05, 0) is 24.3 Å². The molecule has 0 N–H and O–H groups in total. The minimum atomic E-state index is 0.0686. The molecule has 2 aliphatic rings. The van der Waals surface area contributed by atoms with Gasteiger partial charge in [-0.25, -0.2) is 0 Å².